The first-order valence-electron chi connectivity index (χ1n) is 8.16. The maximum Gasteiger partial charge on any atom is 0.356 e. The molecular weight excluding hydrogens is 455 g/mol. The highest BCUT2D eigenvalue weighted by atomic mass is 79.9. The van der Waals surface area contributed by atoms with Crippen molar-refractivity contribution in [2.75, 3.05) is 6.61 Å². The van der Waals surface area contributed by atoms with Crippen LogP contribution in [0.3, 0.4) is 0 Å². The number of nitrogens with zero attached hydrogens (tertiary/aromatic N) is 1. The predicted molar refractivity (Wildman–Crippen MR) is 107 cm³/mol. The van der Waals surface area contributed by atoms with Crippen molar-refractivity contribution in [3.8, 4) is 28.1 Å². The topological polar surface area (TPSA) is 64.2 Å². The summed E-state index contributed by atoms with van der Waals surface area (Å²) < 4.78 is 11.7. The Balaban J connectivity index is 1.85. The van der Waals surface area contributed by atoms with Gasteiger partial charge in [-0.1, -0.05) is 29.3 Å². The lowest BCUT2D eigenvalue weighted by molar-refractivity contribution is 0.0516. The van der Waals surface area contributed by atoms with Crippen molar-refractivity contribution in [1.29, 1.82) is 0 Å². The fourth-order valence-electron chi connectivity index (χ4n) is 3.04. The number of rotatable bonds is 3. The molecule has 1 aromatic heterocycles. The SMILES string of the molecule is CCOC(=O)c1[nH]nc2c1COc1c(Br)cc(-c3ccc(Cl)cc3Cl)cc1-2. The molecular formula is C19H13BrCl2N2O3. The Hall–Kier alpha value is -2.02. The van der Waals surface area contributed by atoms with E-state index in [1.807, 2.05) is 18.2 Å². The molecule has 0 amide bonds. The number of H-pyrrole nitrogens is 1. The van der Waals surface area contributed by atoms with Crippen LogP contribution >= 0.6 is 39.1 Å². The molecule has 0 aliphatic carbocycles. The molecule has 5 nitrogen and oxygen atoms in total. The minimum atomic E-state index is -0.450. The van der Waals surface area contributed by atoms with E-state index in [4.69, 9.17) is 32.7 Å². The van der Waals surface area contributed by atoms with Crippen LogP contribution < -0.4 is 4.74 Å². The molecule has 2 heterocycles. The van der Waals surface area contributed by atoms with E-state index in [9.17, 15) is 4.79 Å². The molecule has 0 radical (unpaired) electrons. The molecule has 0 saturated carbocycles. The van der Waals surface area contributed by atoms with Gasteiger partial charge in [-0.2, -0.15) is 5.10 Å². The summed E-state index contributed by atoms with van der Waals surface area (Å²) in [7, 11) is 0. The molecule has 1 N–H and O–H groups in total. The Morgan fingerprint density at radius 3 is 2.85 bits per heavy atom. The fraction of sp³-hybridized carbons (Fsp3) is 0.158. The zero-order chi connectivity index (χ0) is 19.1. The van der Waals surface area contributed by atoms with E-state index in [1.165, 1.54) is 0 Å². The number of aromatic amines is 1. The minimum absolute atomic E-state index is 0.229. The Kier molecular flexibility index (Phi) is 4.88. The summed E-state index contributed by atoms with van der Waals surface area (Å²) in [5.74, 6) is 0.215. The quantitative estimate of drug-likeness (QED) is 0.488. The second-order valence-corrected chi connectivity index (χ2v) is 7.59. The number of aromatic nitrogens is 2. The summed E-state index contributed by atoms with van der Waals surface area (Å²) in [6, 6.07) is 9.20. The van der Waals surface area contributed by atoms with Crippen molar-refractivity contribution in [3.05, 3.63) is 56.1 Å². The highest BCUT2D eigenvalue weighted by Crippen LogP contribution is 2.45. The van der Waals surface area contributed by atoms with E-state index in [1.54, 1.807) is 19.1 Å². The van der Waals surface area contributed by atoms with E-state index in [0.717, 1.165) is 21.2 Å². The van der Waals surface area contributed by atoms with Crippen molar-refractivity contribution in [2.45, 2.75) is 13.5 Å². The average molecular weight is 468 g/mol. The van der Waals surface area contributed by atoms with Gasteiger partial charge in [0.25, 0.3) is 0 Å². The number of carbonyl (C=O) groups is 1. The lowest BCUT2D eigenvalue weighted by Crippen LogP contribution is -2.12. The van der Waals surface area contributed by atoms with E-state index >= 15 is 0 Å². The lowest BCUT2D eigenvalue weighted by atomic mass is 9.97. The van der Waals surface area contributed by atoms with Crippen LogP contribution in [0.25, 0.3) is 22.4 Å². The Morgan fingerprint density at radius 2 is 2.11 bits per heavy atom. The molecule has 138 valence electrons. The second-order valence-electron chi connectivity index (χ2n) is 5.89. The van der Waals surface area contributed by atoms with Gasteiger partial charge in [0.2, 0.25) is 0 Å². The smallest absolute Gasteiger partial charge is 0.356 e. The third-order valence-electron chi connectivity index (χ3n) is 4.25. The molecule has 4 rings (SSSR count). The van der Waals surface area contributed by atoms with Gasteiger partial charge in [0, 0.05) is 21.2 Å². The predicted octanol–water partition coefficient (Wildman–Crippen LogP) is 5.88. The summed E-state index contributed by atoms with van der Waals surface area (Å²) in [5, 5.41) is 8.22. The first kappa shape index (κ1) is 18.3. The minimum Gasteiger partial charge on any atom is -0.487 e. The van der Waals surface area contributed by atoms with E-state index in [2.05, 4.69) is 26.1 Å². The van der Waals surface area contributed by atoms with Crippen molar-refractivity contribution in [2.24, 2.45) is 0 Å². The number of ether oxygens (including phenoxy) is 2. The Morgan fingerprint density at radius 1 is 1.30 bits per heavy atom. The molecule has 1 aliphatic rings. The summed E-state index contributed by atoms with van der Waals surface area (Å²) in [5.41, 5.74) is 4.11. The third-order valence-corrected chi connectivity index (χ3v) is 5.39. The van der Waals surface area contributed by atoms with Gasteiger partial charge in [-0.15, -0.1) is 0 Å². The van der Waals surface area contributed by atoms with Crippen molar-refractivity contribution < 1.29 is 14.3 Å². The first-order valence-corrected chi connectivity index (χ1v) is 9.71. The van der Waals surface area contributed by atoms with Crippen LogP contribution in [0.1, 0.15) is 23.0 Å². The molecule has 0 unspecified atom stereocenters. The van der Waals surface area contributed by atoms with E-state index < -0.39 is 5.97 Å². The van der Waals surface area contributed by atoms with Crippen LogP contribution in [0.2, 0.25) is 10.0 Å². The third kappa shape index (κ3) is 3.22. The van der Waals surface area contributed by atoms with Crippen molar-refractivity contribution >= 4 is 45.1 Å². The van der Waals surface area contributed by atoms with Crippen LogP contribution in [0.4, 0.5) is 0 Å². The summed E-state index contributed by atoms with van der Waals surface area (Å²) in [6.45, 7) is 2.27. The number of halogens is 3. The highest BCUT2D eigenvalue weighted by molar-refractivity contribution is 9.10. The average Bonchev–Trinajstić information content (AvgIpc) is 3.06. The number of fused-ring (bicyclic) bond motifs is 3. The number of nitrogens with one attached hydrogen (secondary N) is 1. The molecule has 0 fully saturated rings. The molecule has 2 aromatic carbocycles. The summed E-state index contributed by atoms with van der Waals surface area (Å²) in [6.07, 6.45) is 0. The molecule has 3 aromatic rings. The molecule has 1 aliphatic heterocycles. The van der Waals surface area contributed by atoms with Gasteiger partial charge in [0.05, 0.1) is 16.6 Å². The summed E-state index contributed by atoms with van der Waals surface area (Å²) in [4.78, 5) is 12.1. The number of benzene rings is 2. The maximum absolute atomic E-state index is 12.1. The lowest BCUT2D eigenvalue weighted by Gasteiger charge is -2.20. The normalized spacial score (nSPS) is 12.1. The fourth-order valence-corrected chi connectivity index (χ4v) is 4.13. The molecule has 0 atom stereocenters. The van der Waals surface area contributed by atoms with Gasteiger partial charge in [-0.05, 0) is 52.7 Å². The van der Waals surface area contributed by atoms with Gasteiger partial charge < -0.3 is 9.47 Å². The van der Waals surface area contributed by atoms with Gasteiger partial charge >= 0.3 is 5.97 Å². The standard InChI is InChI=1S/C19H13BrCl2N2O3/c1-2-26-19(25)17-13-8-27-18-12(16(13)23-24-17)5-9(6-14(18)20)11-4-3-10(21)7-15(11)22/h3-7H,2,8H2,1H3,(H,23,24). The molecule has 0 bridgehead atoms. The zero-order valence-electron chi connectivity index (χ0n) is 14.1. The van der Waals surface area contributed by atoms with Crippen LogP contribution in [-0.2, 0) is 11.3 Å². The number of hydrogen-bond acceptors (Lipinski definition) is 4. The van der Waals surface area contributed by atoms with Crippen molar-refractivity contribution in [1.82, 2.24) is 10.2 Å². The monoisotopic (exact) mass is 466 g/mol. The number of esters is 1. The molecule has 0 saturated heterocycles. The second kappa shape index (κ2) is 7.19. The van der Waals surface area contributed by atoms with E-state index in [0.29, 0.717) is 32.7 Å². The number of hydrogen-bond donors (Lipinski definition) is 1. The molecule has 27 heavy (non-hydrogen) atoms. The largest absolute Gasteiger partial charge is 0.487 e. The zero-order valence-corrected chi connectivity index (χ0v) is 17.2. The Bertz CT molecular complexity index is 1070. The maximum atomic E-state index is 12.1. The van der Waals surface area contributed by atoms with Crippen LogP contribution in [0.5, 0.6) is 5.75 Å². The van der Waals surface area contributed by atoms with Gasteiger partial charge in [0.15, 0.2) is 5.69 Å². The first-order chi connectivity index (χ1) is 13.0. The highest BCUT2D eigenvalue weighted by Gasteiger charge is 2.29. The Labute approximate surface area is 173 Å². The van der Waals surface area contributed by atoms with Gasteiger partial charge in [-0.3, -0.25) is 5.10 Å². The van der Waals surface area contributed by atoms with Gasteiger partial charge in [0.1, 0.15) is 18.1 Å². The van der Waals surface area contributed by atoms with Crippen LogP contribution in [0.15, 0.2) is 34.8 Å². The van der Waals surface area contributed by atoms with Crippen molar-refractivity contribution in [3.63, 3.8) is 0 Å². The summed E-state index contributed by atoms with van der Waals surface area (Å²) >= 11 is 15.9. The van der Waals surface area contributed by atoms with Crippen LogP contribution in [0, 0.1) is 0 Å². The molecule has 8 heteroatoms. The van der Waals surface area contributed by atoms with E-state index in [-0.39, 0.29) is 13.2 Å². The van der Waals surface area contributed by atoms with Gasteiger partial charge in [-0.25, -0.2) is 4.79 Å². The van der Waals surface area contributed by atoms with Crippen LogP contribution in [-0.4, -0.2) is 22.8 Å². The molecule has 0 spiro atoms. The number of carbonyl (C=O) groups excluding carboxylic acids is 1.